The summed E-state index contributed by atoms with van der Waals surface area (Å²) in [6.45, 7) is 0. The Morgan fingerprint density at radius 1 is 1.26 bits per heavy atom. The van der Waals surface area contributed by atoms with Gasteiger partial charge in [0, 0.05) is 0 Å². The van der Waals surface area contributed by atoms with Crippen LogP contribution in [0.1, 0.15) is 5.56 Å². The van der Waals surface area contributed by atoms with Crippen LogP contribution >= 0.6 is 34.5 Å². The molecule has 2 rings (SSSR count). The number of hydrogen-bond donors (Lipinski definition) is 1. The summed E-state index contributed by atoms with van der Waals surface area (Å²) in [5.74, 6) is 0. The number of hydrogen-bond acceptors (Lipinski definition) is 4. The number of thiophene rings is 1. The number of sulfonamides is 1. The highest BCUT2D eigenvalue weighted by atomic mass is 35.5. The average Bonchev–Trinajstić information content (AvgIpc) is 2.69. The van der Waals surface area contributed by atoms with Crippen LogP contribution in [-0.2, 0) is 10.0 Å². The molecule has 2 aromatic rings. The summed E-state index contributed by atoms with van der Waals surface area (Å²) in [6.07, 6.45) is 0. The third-order valence-corrected chi connectivity index (χ3v) is 5.33. The Bertz CT molecular complexity index is 763. The van der Waals surface area contributed by atoms with Gasteiger partial charge in [-0.05, 0) is 18.2 Å². The molecule has 4 nitrogen and oxygen atoms in total. The summed E-state index contributed by atoms with van der Waals surface area (Å²) in [5.41, 5.74) is 0.423. The fraction of sp³-hybridized carbons (Fsp3) is 0. The van der Waals surface area contributed by atoms with E-state index in [2.05, 4.69) is 4.72 Å². The first-order valence-electron chi connectivity index (χ1n) is 4.91. The Morgan fingerprint density at radius 2 is 1.95 bits per heavy atom. The average molecular weight is 333 g/mol. The van der Waals surface area contributed by atoms with Gasteiger partial charge in [0.2, 0.25) is 0 Å². The number of para-hydroxylation sites is 1. The van der Waals surface area contributed by atoms with Gasteiger partial charge in [-0.25, -0.2) is 8.42 Å². The Labute approximate surface area is 124 Å². The van der Waals surface area contributed by atoms with Gasteiger partial charge in [0.15, 0.2) is 0 Å². The minimum atomic E-state index is -3.86. The lowest BCUT2D eigenvalue weighted by Crippen LogP contribution is -2.13. The number of nitrogens with one attached hydrogen (secondary N) is 1. The van der Waals surface area contributed by atoms with E-state index in [1.807, 2.05) is 6.07 Å². The molecule has 0 atom stereocenters. The molecule has 0 radical (unpaired) electrons. The van der Waals surface area contributed by atoms with E-state index in [-0.39, 0.29) is 24.8 Å². The predicted molar refractivity (Wildman–Crippen MR) is 76.3 cm³/mol. The monoisotopic (exact) mass is 332 g/mol. The smallest absolute Gasteiger partial charge is 0.264 e. The van der Waals surface area contributed by atoms with E-state index in [0.717, 1.165) is 11.3 Å². The number of benzene rings is 1. The maximum atomic E-state index is 12.1. The van der Waals surface area contributed by atoms with E-state index in [1.165, 1.54) is 18.2 Å². The zero-order chi connectivity index (χ0) is 14.0. The standard InChI is InChI=1S/C11H6Cl2N2O2S2/c12-10-5-9(11(13)18-10)19(16,17)15-8-4-2-1-3-7(8)6-14/h1-5,15H. The minimum Gasteiger partial charge on any atom is -0.278 e. The zero-order valence-corrected chi connectivity index (χ0v) is 12.4. The van der Waals surface area contributed by atoms with Crippen molar-refractivity contribution in [3.05, 3.63) is 44.6 Å². The molecule has 0 aliphatic rings. The molecule has 0 aliphatic carbocycles. The number of rotatable bonds is 3. The molecule has 19 heavy (non-hydrogen) atoms. The van der Waals surface area contributed by atoms with E-state index in [9.17, 15) is 8.42 Å². The fourth-order valence-electron chi connectivity index (χ4n) is 1.38. The Morgan fingerprint density at radius 3 is 2.53 bits per heavy atom. The van der Waals surface area contributed by atoms with Crippen molar-refractivity contribution in [3.63, 3.8) is 0 Å². The van der Waals surface area contributed by atoms with E-state index in [0.29, 0.717) is 0 Å². The van der Waals surface area contributed by atoms with E-state index < -0.39 is 10.0 Å². The Balaban J connectivity index is 2.43. The summed E-state index contributed by atoms with van der Waals surface area (Å²) in [5, 5.41) is 8.91. The molecule has 98 valence electrons. The van der Waals surface area contributed by atoms with E-state index in [1.54, 1.807) is 12.1 Å². The van der Waals surface area contributed by atoms with E-state index in [4.69, 9.17) is 28.5 Å². The maximum absolute atomic E-state index is 12.1. The first-order chi connectivity index (χ1) is 8.94. The Hall–Kier alpha value is -1.26. The van der Waals surface area contributed by atoms with Crippen LogP contribution in [0.25, 0.3) is 0 Å². The summed E-state index contributed by atoms with van der Waals surface area (Å²) in [4.78, 5) is -0.100. The lowest BCUT2D eigenvalue weighted by Gasteiger charge is -2.08. The third-order valence-electron chi connectivity index (χ3n) is 2.21. The molecular formula is C11H6Cl2N2O2S2. The maximum Gasteiger partial charge on any atom is 0.264 e. The molecule has 0 spiro atoms. The van der Waals surface area contributed by atoms with Crippen LogP contribution in [0, 0.1) is 11.3 Å². The quantitative estimate of drug-likeness (QED) is 0.930. The second kappa shape index (κ2) is 5.39. The molecule has 0 amide bonds. The van der Waals surface area contributed by atoms with Crippen molar-refractivity contribution < 1.29 is 8.42 Å². The van der Waals surface area contributed by atoms with Gasteiger partial charge in [0.1, 0.15) is 15.3 Å². The van der Waals surface area contributed by atoms with Crippen LogP contribution in [0.3, 0.4) is 0 Å². The van der Waals surface area contributed by atoms with Crippen molar-refractivity contribution >= 4 is 50.2 Å². The second-order valence-electron chi connectivity index (χ2n) is 3.45. The van der Waals surface area contributed by atoms with Crippen LogP contribution in [-0.4, -0.2) is 8.42 Å². The predicted octanol–water partition coefficient (Wildman–Crippen LogP) is 3.73. The molecule has 1 aromatic carbocycles. The Kier molecular flexibility index (Phi) is 4.02. The lowest BCUT2D eigenvalue weighted by atomic mass is 10.2. The molecule has 0 aliphatic heterocycles. The molecular weight excluding hydrogens is 327 g/mol. The third kappa shape index (κ3) is 3.01. The topological polar surface area (TPSA) is 70.0 Å². The molecule has 8 heteroatoms. The van der Waals surface area contributed by atoms with Gasteiger partial charge in [0.05, 0.1) is 15.6 Å². The number of anilines is 1. The highest BCUT2D eigenvalue weighted by Crippen LogP contribution is 2.35. The van der Waals surface area contributed by atoms with Crippen LogP contribution in [0.2, 0.25) is 8.67 Å². The summed E-state index contributed by atoms with van der Waals surface area (Å²) < 4.78 is 27.0. The van der Waals surface area contributed by atoms with Crippen molar-refractivity contribution in [1.82, 2.24) is 0 Å². The normalized spacial score (nSPS) is 11.0. The molecule has 0 fully saturated rings. The van der Waals surface area contributed by atoms with Gasteiger partial charge in [-0.3, -0.25) is 4.72 Å². The number of nitrogens with zero attached hydrogens (tertiary/aromatic N) is 1. The number of halogens is 2. The van der Waals surface area contributed by atoms with Crippen LogP contribution < -0.4 is 4.72 Å². The highest BCUT2D eigenvalue weighted by molar-refractivity contribution is 7.93. The first kappa shape index (κ1) is 14.2. The van der Waals surface area contributed by atoms with Gasteiger partial charge >= 0.3 is 0 Å². The van der Waals surface area contributed by atoms with Crippen LogP contribution in [0.4, 0.5) is 5.69 Å². The van der Waals surface area contributed by atoms with Gasteiger partial charge in [-0.1, -0.05) is 35.3 Å². The second-order valence-corrected chi connectivity index (χ2v) is 7.39. The summed E-state index contributed by atoms with van der Waals surface area (Å²) >= 11 is 12.5. The van der Waals surface area contributed by atoms with Gasteiger partial charge < -0.3 is 0 Å². The fourth-order valence-corrected chi connectivity index (χ4v) is 4.61. The van der Waals surface area contributed by atoms with Crippen LogP contribution in [0.15, 0.2) is 35.2 Å². The molecule has 0 saturated heterocycles. The molecule has 0 saturated carbocycles. The molecule has 1 heterocycles. The summed E-state index contributed by atoms with van der Waals surface area (Å²) in [6, 6.07) is 9.46. The highest BCUT2D eigenvalue weighted by Gasteiger charge is 2.21. The number of nitriles is 1. The minimum absolute atomic E-state index is 0.0759. The first-order valence-corrected chi connectivity index (χ1v) is 7.96. The lowest BCUT2D eigenvalue weighted by molar-refractivity contribution is 0.601. The molecule has 1 N–H and O–H groups in total. The van der Waals surface area contributed by atoms with Gasteiger partial charge in [-0.2, -0.15) is 5.26 Å². The van der Waals surface area contributed by atoms with Crippen molar-refractivity contribution in [2.75, 3.05) is 4.72 Å². The zero-order valence-electron chi connectivity index (χ0n) is 9.22. The van der Waals surface area contributed by atoms with Gasteiger partial charge in [0.25, 0.3) is 10.0 Å². The van der Waals surface area contributed by atoms with Gasteiger partial charge in [-0.15, -0.1) is 11.3 Å². The van der Waals surface area contributed by atoms with Crippen LogP contribution in [0.5, 0.6) is 0 Å². The molecule has 0 bridgehead atoms. The van der Waals surface area contributed by atoms with E-state index >= 15 is 0 Å². The van der Waals surface area contributed by atoms with Crippen molar-refractivity contribution in [2.45, 2.75) is 4.90 Å². The molecule has 1 aromatic heterocycles. The summed E-state index contributed by atoms with van der Waals surface area (Å²) in [7, 11) is -3.86. The SMILES string of the molecule is N#Cc1ccccc1NS(=O)(=O)c1cc(Cl)sc1Cl. The van der Waals surface area contributed by atoms with Crippen molar-refractivity contribution in [2.24, 2.45) is 0 Å². The van der Waals surface area contributed by atoms with Crippen molar-refractivity contribution in [3.8, 4) is 6.07 Å². The largest absolute Gasteiger partial charge is 0.278 e. The molecule has 0 unspecified atom stereocenters. The van der Waals surface area contributed by atoms with Crippen molar-refractivity contribution in [1.29, 1.82) is 5.26 Å².